The summed E-state index contributed by atoms with van der Waals surface area (Å²) >= 11 is 3.17. The molecule has 1 aromatic carbocycles. The minimum Gasteiger partial charge on any atom is -0.426 e. The van der Waals surface area contributed by atoms with Crippen LogP contribution in [0, 0.1) is 0 Å². The van der Waals surface area contributed by atoms with Crippen molar-refractivity contribution in [2.24, 2.45) is 0 Å². The van der Waals surface area contributed by atoms with E-state index in [-0.39, 0.29) is 0 Å². The summed E-state index contributed by atoms with van der Waals surface area (Å²) in [5.41, 5.74) is 1.45. The largest absolute Gasteiger partial charge is 0.426 e. The molecule has 1 unspecified atom stereocenters. The molecule has 16 heavy (non-hydrogen) atoms. The maximum atomic E-state index is 11.3. The number of carbonyl (C=O) groups is 1. The monoisotopic (exact) mass is 283 g/mol. The van der Waals surface area contributed by atoms with Crippen molar-refractivity contribution in [3.05, 3.63) is 40.5 Å². The second kappa shape index (κ2) is 4.67. The van der Waals surface area contributed by atoms with Crippen LogP contribution in [0.25, 0.3) is 0 Å². The van der Waals surface area contributed by atoms with Crippen LogP contribution in [0.15, 0.2) is 40.5 Å². The summed E-state index contributed by atoms with van der Waals surface area (Å²) in [6.07, 6.45) is -0.679. The quantitative estimate of drug-likeness (QED) is 0.865. The average Bonchev–Trinajstić information content (AvgIpc) is 2.58. The van der Waals surface area contributed by atoms with Crippen molar-refractivity contribution >= 4 is 27.6 Å². The van der Waals surface area contributed by atoms with Crippen molar-refractivity contribution in [1.29, 1.82) is 0 Å². The van der Waals surface area contributed by atoms with Crippen LogP contribution in [-0.2, 0) is 14.3 Å². The zero-order valence-corrected chi connectivity index (χ0v) is 10.2. The van der Waals surface area contributed by atoms with E-state index in [2.05, 4.69) is 21.2 Å². The highest BCUT2D eigenvalue weighted by Crippen LogP contribution is 2.28. The molecule has 0 saturated heterocycles. The number of esters is 1. The number of methoxy groups -OCH3 is 1. The van der Waals surface area contributed by atoms with Crippen molar-refractivity contribution in [2.45, 2.75) is 6.29 Å². The first-order chi connectivity index (χ1) is 7.72. The topological polar surface area (TPSA) is 47.6 Å². The van der Waals surface area contributed by atoms with Crippen LogP contribution < -0.4 is 5.32 Å². The Hall–Kier alpha value is -1.33. The highest BCUT2D eigenvalue weighted by atomic mass is 79.9. The predicted octanol–water partition coefficient (Wildman–Crippen LogP) is 2.23. The van der Waals surface area contributed by atoms with E-state index in [4.69, 9.17) is 9.47 Å². The van der Waals surface area contributed by atoms with Gasteiger partial charge in [-0.25, -0.2) is 4.79 Å². The van der Waals surface area contributed by atoms with Gasteiger partial charge in [-0.15, -0.1) is 0 Å². The Bertz CT molecular complexity index is 430. The van der Waals surface area contributed by atoms with Gasteiger partial charge in [0.15, 0.2) is 0 Å². The third-order valence-electron chi connectivity index (χ3n) is 2.13. The van der Waals surface area contributed by atoms with Crippen molar-refractivity contribution < 1.29 is 14.3 Å². The Morgan fingerprint density at radius 2 is 2.06 bits per heavy atom. The van der Waals surface area contributed by atoms with E-state index in [1.54, 1.807) is 0 Å². The van der Waals surface area contributed by atoms with E-state index in [0.717, 1.165) is 5.69 Å². The van der Waals surface area contributed by atoms with E-state index in [1.807, 2.05) is 30.3 Å². The molecular weight excluding hydrogens is 274 g/mol. The number of benzene rings is 1. The summed E-state index contributed by atoms with van der Waals surface area (Å²) in [5, 5.41) is 3.08. The van der Waals surface area contributed by atoms with Gasteiger partial charge >= 0.3 is 5.97 Å². The molecule has 0 spiro atoms. The smallest absolute Gasteiger partial charge is 0.349 e. The lowest BCUT2D eigenvalue weighted by Gasteiger charge is -2.13. The van der Waals surface area contributed by atoms with E-state index in [0.29, 0.717) is 10.2 Å². The summed E-state index contributed by atoms with van der Waals surface area (Å²) in [6.45, 7) is 0. The van der Waals surface area contributed by atoms with Gasteiger partial charge in [-0.1, -0.05) is 18.2 Å². The maximum Gasteiger partial charge on any atom is 0.349 e. The minimum atomic E-state index is -0.679. The van der Waals surface area contributed by atoms with E-state index >= 15 is 0 Å². The normalized spacial score (nSPS) is 19.9. The van der Waals surface area contributed by atoms with Crippen molar-refractivity contribution in [3.8, 4) is 0 Å². The SMILES string of the molecule is COC1OC(=O)C(Br)=C1Nc1ccccc1. The molecule has 0 aromatic heterocycles. The molecule has 0 radical (unpaired) electrons. The molecule has 1 N–H and O–H groups in total. The lowest BCUT2D eigenvalue weighted by molar-refractivity contribution is -0.155. The summed E-state index contributed by atoms with van der Waals surface area (Å²) in [6, 6.07) is 9.50. The molecule has 84 valence electrons. The Morgan fingerprint density at radius 1 is 1.38 bits per heavy atom. The fraction of sp³-hybridized carbons (Fsp3) is 0.182. The molecule has 0 fully saturated rings. The van der Waals surface area contributed by atoms with Crippen molar-refractivity contribution in [2.75, 3.05) is 12.4 Å². The molecule has 2 rings (SSSR count). The van der Waals surface area contributed by atoms with Crippen LogP contribution in [0.2, 0.25) is 0 Å². The molecule has 1 heterocycles. The van der Waals surface area contributed by atoms with Crippen LogP contribution >= 0.6 is 15.9 Å². The lowest BCUT2D eigenvalue weighted by Crippen LogP contribution is -2.18. The molecule has 1 aliphatic heterocycles. The van der Waals surface area contributed by atoms with Gasteiger partial charge in [0.1, 0.15) is 10.2 Å². The molecule has 1 aliphatic rings. The van der Waals surface area contributed by atoms with Crippen LogP contribution in [0.5, 0.6) is 0 Å². The van der Waals surface area contributed by atoms with Gasteiger partial charge in [-0.3, -0.25) is 0 Å². The fourth-order valence-corrected chi connectivity index (χ4v) is 1.76. The second-order valence-corrected chi connectivity index (χ2v) is 3.98. The molecule has 0 saturated carbocycles. The molecular formula is C11H10BrNO3. The third-order valence-corrected chi connectivity index (χ3v) is 2.88. The van der Waals surface area contributed by atoms with Crippen LogP contribution in [-0.4, -0.2) is 19.4 Å². The summed E-state index contributed by atoms with van der Waals surface area (Å²) in [4.78, 5) is 11.3. The predicted molar refractivity (Wildman–Crippen MR) is 62.9 cm³/mol. The van der Waals surface area contributed by atoms with Crippen molar-refractivity contribution in [3.63, 3.8) is 0 Å². The van der Waals surface area contributed by atoms with Gasteiger partial charge in [0.25, 0.3) is 0 Å². The number of para-hydroxylation sites is 1. The molecule has 1 aromatic rings. The number of rotatable bonds is 3. The lowest BCUT2D eigenvalue weighted by atomic mass is 10.3. The number of hydrogen-bond donors (Lipinski definition) is 1. The Balaban J connectivity index is 2.23. The Morgan fingerprint density at radius 3 is 2.69 bits per heavy atom. The number of anilines is 1. The molecule has 1 atom stereocenters. The second-order valence-electron chi connectivity index (χ2n) is 3.19. The number of halogens is 1. The summed E-state index contributed by atoms with van der Waals surface area (Å²) < 4.78 is 10.4. The number of cyclic esters (lactones) is 1. The summed E-state index contributed by atoms with van der Waals surface area (Å²) in [7, 11) is 1.48. The standard InChI is InChI=1S/C11H10BrNO3/c1-15-11-9(8(12)10(14)16-11)13-7-5-3-2-4-6-7/h2-6,11,13H,1H3. The van der Waals surface area contributed by atoms with Gasteiger partial charge in [-0.05, 0) is 28.1 Å². The van der Waals surface area contributed by atoms with Gasteiger partial charge in [0.05, 0.1) is 0 Å². The zero-order valence-electron chi connectivity index (χ0n) is 8.57. The first-order valence-corrected chi connectivity index (χ1v) is 5.47. The molecule has 0 aliphatic carbocycles. The third kappa shape index (κ3) is 2.10. The number of carbonyl (C=O) groups excluding carboxylic acids is 1. The van der Waals surface area contributed by atoms with Crippen LogP contribution in [0.1, 0.15) is 0 Å². The van der Waals surface area contributed by atoms with E-state index in [9.17, 15) is 4.79 Å². The first-order valence-electron chi connectivity index (χ1n) is 4.68. The fourth-order valence-electron chi connectivity index (χ4n) is 1.38. The van der Waals surface area contributed by atoms with E-state index in [1.165, 1.54) is 7.11 Å². The zero-order chi connectivity index (χ0) is 11.5. The minimum absolute atomic E-state index is 0.364. The Labute approximate surface area is 101 Å². The van der Waals surface area contributed by atoms with Gasteiger partial charge in [0.2, 0.25) is 6.29 Å². The van der Waals surface area contributed by atoms with Gasteiger partial charge in [-0.2, -0.15) is 0 Å². The highest BCUT2D eigenvalue weighted by molar-refractivity contribution is 9.12. The number of nitrogens with one attached hydrogen (secondary N) is 1. The number of ether oxygens (including phenoxy) is 2. The van der Waals surface area contributed by atoms with Crippen LogP contribution in [0.3, 0.4) is 0 Å². The van der Waals surface area contributed by atoms with Crippen molar-refractivity contribution in [1.82, 2.24) is 0 Å². The van der Waals surface area contributed by atoms with Gasteiger partial charge < -0.3 is 14.8 Å². The molecule has 4 nitrogen and oxygen atoms in total. The summed E-state index contributed by atoms with van der Waals surface area (Å²) in [5.74, 6) is -0.426. The highest BCUT2D eigenvalue weighted by Gasteiger charge is 2.32. The average molecular weight is 284 g/mol. The maximum absolute atomic E-state index is 11.3. The molecule has 5 heteroatoms. The van der Waals surface area contributed by atoms with Crippen LogP contribution in [0.4, 0.5) is 5.69 Å². The van der Waals surface area contributed by atoms with Gasteiger partial charge in [0, 0.05) is 12.8 Å². The van der Waals surface area contributed by atoms with E-state index < -0.39 is 12.3 Å². The molecule has 0 bridgehead atoms. The first kappa shape index (κ1) is 11.2. The Kier molecular flexibility index (Phi) is 3.26. The molecule has 0 amide bonds. The number of hydrogen-bond acceptors (Lipinski definition) is 4.